The van der Waals surface area contributed by atoms with Gasteiger partial charge in [0.1, 0.15) is 0 Å². The Morgan fingerprint density at radius 2 is 2.07 bits per heavy atom. The van der Waals surface area contributed by atoms with Crippen molar-refractivity contribution in [3.63, 3.8) is 0 Å². The minimum Gasteiger partial charge on any atom is -0.389 e. The molecule has 1 saturated carbocycles. The second-order valence-corrected chi connectivity index (χ2v) is 7.66. The van der Waals surface area contributed by atoms with Crippen LogP contribution in [0, 0.1) is 17.8 Å². The minimum absolute atomic E-state index is 0.0739. The van der Waals surface area contributed by atoms with Crippen molar-refractivity contribution in [3.05, 3.63) is 12.5 Å². The van der Waals surface area contributed by atoms with Gasteiger partial charge in [0.25, 0.3) is 0 Å². The maximum Gasteiger partial charge on any atom is 0.416 e. The van der Waals surface area contributed by atoms with Crippen LogP contribution in [-0.4, -0.2) is 64.3 Å². The molecule has 27 heavy (non-hydrogen) atoms. The van der Waals surface area contributed by atoms with Crippen LogP contribution in [0.4, 0.5) is 18.0 Å². The van der Waals surface area contributed by atoms with Crippen LogP contribution in [0.15, 0.2) is 12.5 Å². The SMILES string of the molecule is CCCCN(CC1C2CN(CCC(F)(F)F)CC21)C(=O)Oc1cn(C)cn1. The predicted octanol–water partition coefficient (Wildman–Crippen LogP) is 3.15. The molecule has 2 fully saturated rings. The number of nitrogens with zero attached hydrogens (tertiary/aromatic N) is 4. The lowest BCUT2D eigenvalue weighted by atomic mass is 10.2. The summed E-state index contributed by atoms with van der Waals surface area (Å²) in [5, 5.41) is 0. The number of alkyl halides is 3. The molecule has 1 saturated heterocycles. The summed E-state index contributed by atoms with van der Waals surface area (Å²) in [6, 6.07) is 0. The van der Waals surface area contributed by atoms with E-state index >= 15 is 0 Å². The summed E-state index contributed by atoms with van der Waals surface area (Å²) in [7, 11) is 1.80. The fourth-order valence-corrected chi connectivity index (χ4v) is 3.93. The second-order valence-electron chi connectivity index (χ2n) is 7.66. The third-order valence-corrected chi connectivity index (χ3v) is 5.50. The van der Waals surface area contributed by atoms with Gasteiger partial charge in [0.2, 0.25) is 5.88 Å². The van der Waals surface area contributed by atoms with Crippen LogP contribution >= 0.6 is 0 Å². The van der Waals surface area contributed by atoms with Crippen LogP contribution in [0.3, 0.4) is 0 Å². The molecule has 0 N–H and O–H groups in total. The van der Waals surface area contributed by atoms with E-state index in [0.29, 0.717) is 43.9 Å². The van der Waals surface area contributed by atoms with Crippen LogP contribution in [-0.2, 0) is 7.05 Å². The summed E-state index contributed by atoms with van der Waals surface area (Å²) < 4.78 is 44.2. The number of likely N-dealkylation sites (tertiary alicyclic amines) is 1. The zero-order valence-electron chi connectivity index (χ0n) is 15.8. The maximum atomic E-state index is 12.5. The molecule has 3 rings (SSSR count). The molecule has 152 valence electrons. The fraction of sp³-hybridized carbons (Fsp3) is 0.778. The molecule has 0 aromatic carbocycles. The van der Waals surface area contributed by atoms with Gasteiger partial charge in [-0.05, 0) is 24.2 Å². The van der Waals surface area contributed by atoms with Crippen LogP contribution in [0.5, 0.6) is 5.88 Å². The Morgan fingerprint density at radius 1 is 1.37 bits per heavy atom. The zero-order chi connectivity index (χ0) is 19.6. The lowest BCUT2D eigenvalue weighted by Gasteiger charge is -2.24. The molecular formula is C18H27F3N4O2. The van der Waals surface area contributed by atoms with Crippen molar-refractivity contribution in [2.75, 3.05) is 32.7 Å². The number of hydrogen-bond donors (Lipinski definition) is 0. The van der Waals surface area contributed by atoms with Crippen LogP contribution in [0.25, 0.3) is 0 Å². The van der Waals surface area contributed by atoms with E-state index in [1.165, 1.54) is 0 Å². The Balaban J connectivity index is 1.48. The number of hydrogen-bond acceptors (Lipinski definition) is 4. The van der Waals surface area contributed by atoms with Gasteiger partial charge in [0, 0.05) is 39.8 Å². The first kappa shape index (κ1) is 20.0. The molecule has 6 nitrogen and oxygen atoms in total. The average molecular weight is 388 g/mol. The van der Waals surface area contributed by atoms with Gasteiger partial charge in [-0.25, -0.2) is 9.78 Å². The van der Waals surface area contributed by atoms with Gasteiger partial charge in [-0.1, -0.05) is 13.3 Å². The molecular weight excluding hydrogens is 361 g/mol. The normalized spacial score (nSPS) is 24.7. The standard InChI is InChI=1S/C18H27F3N4O2/c1-3-4-6-25(17(26)27-16-11-23(2)12-22-16)10-15-13-8-24(9-14(13)15)7-5-18(19,20)21/h11-15H,3-10H2,1-2H3. The van der Waals surface area contributed by atoms with Gasteiger partial charge in [-0.15, -0.1) is 0 Å². The minimum atomic E-state index is -4.10. The van der Waals surface area contributed by atoms with Gasteiger partial charge >= 0.3 is 12.3 Å². The number of unbranched alkanes of at least 4 members (excludes halogenated alkanes) is 1. The van der Waals surface area contributed by atoms with Gasteiger partial charge in [-0.2, -0.15) is 13.2 Å². The number of carbonyl (C=O) groups is 1. The average Bonchev–Trinajstić information content (AvgIpc) is 2.93. The number of carbonyl (C=O) groups excluding carboxylic acids is 1. The van der Waals surface area contributed by atoms with E-state index in [4.69, 9.17) is 4.74 Å². The Hall–Kier alpha value is -1.77. The number of ether oxygens (including phenoxy) is 1. The van der Waals surface area contributed by atoms with Crippen molar-refractivity contribution in [1.29, 1.82) is 0 Å². The third kappa shape index (κ3) is 5.37. The molecule has 1 amide bonds. The molecule has 2 aliphatic rings. The first-order chi connectivity index (χ1) is 12.8. The summed E-state index contributed by atoms with van der Waals surface area (Å²) in [5.74, 6) is 1.42. The van der Waals surface area contributed by atoms with Crippen molar-refractivity contribution in [2.45, 2.75) is 32.4 Å². The Morgan fingerprint density at radius 3 is 2.63 bits per heavy atom. The molecule has 2 heterocycles. The summed E-state index contributed by atoms with van der Waals surface area (Å²) >= 11 is 0. The molecule has 0 bridgehead atoms. The van der Waals surface area contributed by atoms with E-state index in [1.807, 2.05) is 4.90 Å². The molecule has 1 aromatic heterocycles. The quantitative estimate of drug-likeness (QED) is 0.687. The van der Waals surface area contributed by atoms with Gasteiger partial charge in [0.05, 0.1) is 18.9 Å². The molecule has 1 aliphatic heterocycles. The highest BCUT2D eigenvalue weighted by atomic mass is 19.4. The van der Waals surface area contributed by atoms with Crippen LogP contribution in [0.1, 0.15) is 26.2 Å². The largest absolute Gasteiger partial charge is 0.416 e. The second kappa shape index (κ2) is 8.08. The molecule has 9 heteroatoms. The van der Waals surface area contributed by atoms with Crippen molar-refractivity contribution < 1.29 is 22.7 Å². The number of piperidine rings is 1. The van der Waals surface area contributed by atoms with E-state index in [-0.39, 0.29) is 12.4 Å². The molecule has 1 aromatic rings. The number of aryl methyl sites for hydroxylation is 1. The lowest BCUT2D eigenvalue weighted by Crippen LogP contribution is -2.38. The van der Waals surface area contributed by atoms with Gasteiger partial charge in [-0.3, -0.25) is 0 Å². The summed E-state index contributed by atoms with van der Waals surface area (Å²) in [6.07, 6.45) is -0.192. The highest BCUT2D eigenvalue weighted by Crippen LogP contribution is 2.52. The van der Waals surface area contributed by atoms with E-state index in [9.17, 15) is 18.0 Å². The summed E-state index contributed by atoms with van der Waals surface area (Å²) in [6.45, 7) is 4.76. The van der Waals surface area contributed by atoms with Crippen molar-refractivity contribution in [1.82, 2.24) is 19.4 Å². The van der Waals surface area contributed by atoms with Gasteiger partial charge in [0.15, 0.2) is 0 Å². The number of amides is 1. The number of rotatable bonds is 8. The highest BCUT2D eigenvalue weighted by Gasteiger charge is 2.56. The predicted molar refractivity (Wildman–Crippen MR) is 93.3 cm³/mol. The van der Waals surface area contributed by atoms with Crippen molar-refractivity contribution in [2.24, 2.45) is 24.8 Å². The molecule has 1 aliphatic carbocycles. The maximum absolute atomic E-state index is 12.5. The molecule has 2 atom stereocenters. The zero-order valence-corrected chi connectivity index (χ0v) is 15.8. The Bertz CT molecular complexity index is 637. The van der Waals surface area contributed by atoms with E-state index < -0.39 is 18.7 Å². The number of fused-ring (bicyclic) bond motifs is 1. The first-order valence-electron chi connectivity index (χ1n) is 9.50. The molecule has 2 unspecified atom stereocenters. The summed E-state index contributed by atoms with van der Waals surface area (Å²) in [5.41, 5.74) is 0. The number of halogens is 3. The van der Waals surface area contributed by atoms with Crippen molar-refractivity contribution >= 4 is 6.09 Å². The number of imidazole rings is 1. The summed E-state index contributed by atoms with van der Waals surface area (Å²) in [4.78, 5) is 20.1. The molecule has 0 spiro atoms. The Kier molecular flexibility index (Phi) is 5.98. The highest BCUT2D eigenvalue weighted by molar-refractivity contribution is 5.70. The van der Waals surface area contributed by atoms with Crippen LogP contribution < -0.4 is 4.74 Å². The third-order valence-electron chi connectivity index (χ3n) is 5.50. The smallest absolute Gasteiger partial charge is 0.389 e. The monoisotopic (exact) mass is 388 g/mol. The van der Waals surface area contributed by atoms with E-state index in [0.717, 1.165) is 12.8 Å². The topological polar surface area (TPSA) is 50.6 Å². The first-order valence-corrected chi connectivity index (χ1v) is 9.50. The Labute approximate surface area is 157 Å². The van der Waals surface area contributed by atoms with Gasteiger partial charge < -0.3 is 19.1 Å². The van der Waals surface area contributed by atoms with E-state index in [2.05, 4.69) is 11.9 Å². The van der Waals surface area contributed by atoms with Crippen molar-refractivity contribution in [3.8, 4) is 5.88 Å². The lowest BCUT2D eigenvalue weighted by molar-refractivity contribution is -0.137. The molecule has 0 radical (unpaired) electrons. The fourth-order valence-electron chi connectivity index (χ4n) is 3.93. The number of aromatic nitrogens is 2. The van der Waals surface area contributed by atoms with E-state index in [1.54, 1.807) is 29.0 Å². The van der Waals surface area contributed by atoms with Crippen LogP contribution in [0.2, 0.25) is 0 Å².